The molecule has 0 heterocycles. The highest BCUT2D eigenvalue weighted by atomic mass is 35.5. The number of halogens is 2. The summed E-state index contributed by atoms with van der Waals surface area (Å²) < 4.78 is -0.987. The lowest BCUT2D eigenvalue weighted by Crippen LogP contribution is -2.44. The monoisotopic (exact) mass is 280 g/mol. The lowest BCUT2D eigenvalue weighted by atomic mass is 10.1. The number of carbonyl (C=O) groups excluding carboxylic acids is 2. The van der Waals surface area contributed by atoms with Crippen LogP contribution in [0.5, 0.6) is 0 Å². The van der Waals surface area contributed by atoms with Crippen LogP contribution in [0.3, 0.4) is 0 Å². The second-order valence-electron chi connectivity index (χ2n) is 4.82. The largest absolute Gasteiger partial charge is 0.347 e. The molecule has 98 valence electrons. The van der Waals surface area contributed by atoms with Crippen LogP contribution < -0.4 is 0 Å². The van der Waals surface area contributed by atoms with Gasteiger partial charge in [0.15, 0.2) is 0 Å². The number of nitrogens with zero attached hydrogens (tertiary/aromatic N) is 2. The first-order chi connectivity index (χ1) is 7.65. The quantitative estimate of drug-likeness (QED) is 0.733. The Labute approximate surface area is 112 Å². The first kappa shape index (κ1) is 14.6. The topological polar surface area (TPSA) is 40.6 Å². The number of rotatable bonds is 4. The fourth-order valence-electron chi connectivity index (χ4n) is 1.61. The van der Waals surface area contributed by atoms with Crippen molar-refractivity contribution >= 4 is 35.0 Å². The highest BCUT2D eigenvalue weighted by molar-refractivity contribution is 6.53. The highest BCUT2D eigenvalue weighted by Gasteiger charge is 2.68. The van der Waals surface area contributed by atoms with E-state index in [2.05, 4.69) is 0 Å². The molecular formula is C11H18Cl2N2O2. The Hall–Kier alpha value is -0.480. The standard InChI is InChI=1S/C11H18Cl2N2O2/c1-5-15(6-8(16)14(3)4)9(17)10(2)7-11(10,12)13/h5-7H2,1-4H3. The van der Waals surface area contributed by atoms with Crippen molar-refractivity contribution in [3.05, 3.63) is 0 Å². The SMILES string of the molecule is CCN(CC(=O)N(C)C)C(=O)C1(C)CC1(Cl)Cl. The Morgan fingerprint density at radius 1 is 1.29 bits per heavy atom. The molecule has 1 fully saturated rings. The van der Waals surface area contributed by atoms with Crippen molar-refractivity contribution in [2.45, 2.75) is 24.6 Å². The van der Waals surface area contributed by atoms with E-state index in [-0.39, 0.29) is 18.4 Å². The molecule has 0 spiro atoms. The van der Waals surface area contributed by atoms with Crippen LogP contribution >= 0.6 is 23.2 Å². The van der Waals surface area contributed by atoms with Crippen LogP contribution in [0.15, 0.2) is 0 Å². The third-order valence-corrected chi connectivity index (χ3v) is 4.33. The van der Waals surface area contributed by atoms with Crippen LogP contribution in [-0.2, 0) is 9.59 Å². The third-order valence-electron chi connectivity index (χ3n) is 3.22. The molecule has 1 saturated carbocycles. The molecular weight excluding hydrogens is 263 g/mol. The van der Waals surface area contributed by atoms with E-state index in [1.54, 1.807) is 21.0 Å². The number of hydrogen-bond donors (Lipinski definition) is 0. The Morgan fingerprint density at radius 2 is 1.76 bits per heavy atom. The number of alkyl halides is 2. The average Bonchev–Trinajstić information content (AvgIpc) is 2.74. The van der Waals surface area contributed by atoms with Gasteiger partial charge in [0, 0.05) is 20.6 Å². The second kappa shape index (κ2) is 4.65. The Bertz CT molecular complexity index is 344. The minimum absolute atomic E-state index is 0.0712. The molecule has 1 unspecified atom stereocenters. The molecule has 1 rings (SSSR count). The lowest BCUT2D eigenvalue weighted by molar-refractivity contribution is -0.142. The van der Waals surface area contributed by atoms with Crippen LogP contribution in [0, 0.1) is 5.41 Å². The zero-order chi connectivity index (χ0) is 13.4. The number of carbonyl (C=O) groups is 2. The summed E-state index contributed by atoms with van der Waals surface area (Å²) in [5.74, 6) is -0.264. The molecule has 0 aromatic heterocycles. The van der Waals surface area contributed by atoms with Crippen molar-refractivity contribution in [3.63, 3.8) is 0 Å². The molecule has 17 heavy (non-hydrogen) atoms. The molecule has 1 aliphatic carbocycles. The van der Waals surface area contributed by atoms with Crippen LogP contribution in [0.2, 0.25) is 0 Å². The van der Waals surface area contributed by atoms with E-state index >= 15 is 0 Å². The van der Waals surface area contributed by atoms with Crippen molar-refractivity contribution in [1.29, 1.82) is 0 Å². The summed E-state index contributed by atoms with van der Waals surface area (Å²) in [6.07, 6.45) is 0.439. The molecule has 0 N–H and O–H groups in total. The average molecular weight is 281 g/mol. The maximum atomic E-state index is 12.2. The van der Waals surface area contributed by atoms with E-state index in [1.165, 1.54) is 9.80 Å². The fraction of sp³-hybridized carbons (Fsp3) is 0.818. The molecule has 0 bridgehead atoms. The molecule has 0 saturated heterocycles. The summed E-state index contributed by atoms with van der Waals surface area (Å²) >= 11 is 11.9. The minimum atomic E-state index is -0.987. The fourth-order valence-corrected chi connectivity index (χ4v) is 2.31. The van der Waals surface area contributed by atoms with E-state index in [1.807, 2.05) is 6.92 Å². The van der Waals surface area contributed by atoms with E-state index in [9.17, 15) is 9.59 Å². The van der Waals surface area contributed by atoms with Gasteiger partial charge in [0.1, 0.15) is 4.33 Å². The van der Waals surface area contributed by atoms with Gasteiger partial charge in [0.2, 0.25) is 11.8 Å². The summed E-state index contributed by atoms with van der Waals surface area (Å²) in [4.78, 5) is 26.8. The first-order valence-corrected chi connectivity index (χ1v) is 6.28. The second-order valence-corrected chi connectivity index (χ2v) is 6.30. The van der Waals surface area contributed by atoms with Crippen LogP contribution in [0.1, 0.15) is 20.3 Å². The Morgan fingerprint density at radius 3 is 2.06 bits per heavy atom. The highest BCUT2D eigenvalue weighted by Crippen LogP contribution is 2.64. The Balaban J connectivity index is 2.70. The summed E-state index contributed by atoms with van der Waals surface area (Å²) in [5.41, 5.74) is -0.751. The molecule has 0 aromatic carbocycles. The first-order valence-electron chi connectivity index (χ1n) is 5.53. The summed E-state index contributed by atoms with van der Waals surface area (Å²) in [5, 5.41) is 0. The lowest BCUT2D eigenvalue weighted by Gasteiger charge is -2.26. The van der Waals surface area contributed by atoms with Crippen molar-refractivity contribution < 1.29 is 9.59 Å². The van der Waals surface area contributed by atoms with Gasteiger partial charge >= 0.3 is 0 Å². The zero-order valence-electron chi connectivity index (χ0n) is 10.6. The smallest absolute Gasteiger partial charge is 0.241 e. The molecule has 0 aromatic rings. The van der Waals surface area contributed by atoms with Crippen molar-refractivity contribution in [2.24, 2.45) is 5.41 Å². The van der Waals surface area contributed by atoms with E-state index in [0.29, 0.717) is 13.0 Å². The molecule has 4 nitrogen and oxygen atoms in total. The Kier molecular flexibility index (Phi) is 3.99. The van der Waals surface area contributed by atoms with Gasteiger partial charge in [-0.25, -0.2) is 0 Å². The molecule has 6 heteroatoms. The van der Waals surface area contributed by atoms with E-state index < -0.39 is 9.75 Å². The van der Waals surface area contributed by atoms with Crippen molar-refractivity contribution in [2.75, 3.05) is 27.2 Å². The maximum Gasteiger partial charge on any atom is 0.241 e. The van der Waals surface area contributed by atoms with E-state index in [4.69, 9.17) is 23.2 Å². The third kappa shape index (κ3) is 2.68. The molecule has 0 radical (unpaired) electrons. The van der Waals surface area contributed by atoms with Crippen LogP contribution in [-0.4, -0.2) is 53.1 Å². The van der Waals surface area contributed by atoms with Crippen molar-refractivity contribution in [1.82, 2.24) is 9.80 Å². The number of amides is 2. The van der Waals surface area contributed by atoms with Gasteiger partial charge < -0.3 is 9.80 Å². The van der Waals surface area contributed by atoms with Crippen LogP contribution in [0.4, 0.5) is 0 Å². The van der Waals surface area contributed by atoms with Gasteiger partial charge in [-0.15, -0.1) is 23.2 Å². The normalized spacial score (nSPS) is 25.3. The maximum absolute atomic E-state index is 12.2. The predicted molar refractivity (Wildman–Crippen MR) is 68.1 cm³/mol. The molecule has 0 aliphatic heterocycles. The van der Waals surface area contributed by atoms with E-state index in [0.717, 1.165) is 0 Å². The molecule has 1 aliphatic rings. The van der Waals surface area contributed by atoms with Gasteiger partial charge in [0.25, 0.3) is 0 Å². The van der Waals surface area contributed by atoms with Gasteiger partial charge in [-0.2, -0.15) is 0 Å². The van der Waals surface area contributed by atoms with Crippen LogP contribution in [0.25, 0.3) is 0 Å². The summed E-state index contributed by atoms with van der Waals surface area (Å²) in [6.45, 7) is 4.11. The van der Waals surface area contributed by atoms with Gasteiger partial charge in [-0.05, 0) is 20.3 Å². The summed E-state index contributed by atoms with van der Waals surface area (Å²) in [6, 6.07) is 0. The summed E-state index contributed by atoms with van der Waals surface area (Å²) in [7, 11) is 3.32. The zero-order valence-corrected chi connectivity index (χ0v) is 12.1. The minimum Gasteiger partial charge on any atom is -0.347 e. The van der Waals surface area contributed by atoms with Gasteiger partial charge in [-0.1, -0.05) is 0 Å². The number of hydrogen-bond acceptors (Lipinski definition) is 2. The van der Waals surface area contributed by atoms with Crippen molar-refractivity contribution in [3.8, 4) is 0 Å². The molecule has 2 amide bonds. The van der Waals surface area contributed by atoms with Gasteiger partial charge in [-0.3, -0.25) is 9.59 Å². The predicted octanol–water partition coefficient (Wildman–Crippen LogP) is 1.51. The molecule has 1 atom stereocenters. The number of likely N-dealkylation sites (N-methyl/N-ethyl adjacent to an activating group) is 2. The van der Waals surface area contributed by atoms with Gasteiger partial charge in [0.05, 0.1) is 12.0 Å².